The number of nitrogens with one attached hydrogen (secondary N) is 1. The van der Waals surface area contributed by atoms with Crippen molar-refractivity contribution < 1.29 is 14.2 Å². The van der Waals surface area contributed by atoms with Gasteiger partial charge in [0.05, 0.1) is 5.60 Å². The molecule has 0 bridgehead atoms. The lowest BCUT2D eigenvalue weighted by Crippen LogP contribution is -2.62. The summed E-state index contributed by atoms with van der Waals surface area (Å²) in [6.07, 6.45) is 10.5. The second-order valence-corrected chi connectivity index (χ2v) is 7.98. The van der Waals surface area contributed by atoms with Crippen molar-refractivity contribution in [2.45, 2.75) is 56.5 Å². The molecule has 1 spiro atoms. The Morgan fingerprint density at radius 3 is 2.00 bits per heavy atom. The normalized spacial score (nSPS) is 22.4. The van der Waals surface area contributed by atoms with E-state index in [1.54, 1.807) is 12.4 Å². The van der Waals surface area contributed by atoms with E-state index in [0.717, 1.165) is 43.5 Å². The molecule has 0 atom stereocenters. The molecular weight excluding hydrogens is 366 g/mol. The average molecular weight is 398 g/mol. The molecule has 2 aliphatic heterocycles. The van der Waals surface area contributed by atoms with Gasteiger partial charge in [-0.1, -0.05) is 12.1 Å². The van der Waals surface area contributed by atoms with Gasteiger partial charge in [-0.3, -0.25) is 9.97 Å². The lowest BCUT2D eigenvalue weighted by atomic mass is 9.72. The van der Waals surface area contributed by atoms with Crippen LogP contribution in [-0.2, 0) is 19.8 Å². The zero-order valence-electron chi connectivity index (χ0n) is 17.4. The number of piperidine rings is 1. The maximum Gasteiger partial charge on any atom is 0.174 e. The van der Waals surface area contributed by atoms with Crippen molar-refractivity contribution in [2.24, 2.45) is 0 Å². The number of rotatable bonds is 6. The number of hydrogen-bond donors (Lipinski definition) is 1. The Labute approximate surface area is 173 Å². The van der Waals surface area contributed by atoms with Gasteiger partial charge >= 0.3 is 0 Å². The van der Waals surface area contributed by atoms with Crippen LogP contribution in [0.15, 0.2) is 49.1 Å². The van der Waals surface area contributed by atoms with Crippen LogP contribution in [0, 0.1) is 0 Å². The third-order valence-corrected chi connectivity index (χ3v) is 6.09. The first-order valence-corrected chi connectivity index (χ1v) is 10.7. The maximum atomic E-state index is 7.14. The monoisotopic (exact) mass is 397 g/mol. The van der Waals surface area contributed by atoms with Gasteiger partial charge in [-0.25, -0.2) is 0 Å². The molecule has 2 aromatic heterocycles. The van der Waals surface area contributed by atoms with Gasteiger partial charge in [0.25, 0.3) is 0 Å². The molecule has 0 amide bonds. The Balaban J connectivity index is 1.90. The number of ether oxygens (including phenoxy) is 3. The molecular formula is C23H31N3O3. The lowest BCUT2D eigenvalue weighted by molar-refractivity contribution is -0.335. The van der Waals surface area contributed by atoms with Gasteiger partial charge in [0.2, 0.25) is 0 Å². The third kappa shape index (κ3) is 3.94. The van der Waals surface area contributed by atoms with Crippen LogP contribution in [0.4, 0.5) is 0 Å². The Morgan fingerprint density at radius 2 is 1.52 bits per heavy atom. The molecule has 29 heavy (non-hydrogen) atoms. The van der Waals surface area contributed by atoms with Crippen molar-refractivity contribution in [2.75, 3.05) is 26.3 Å². The van der Waals surface area contributed by atoms with Crippen LogP contribution < -0.4 is 5.32 Å². The number of hydrogen-bond acceptors (Lipinski definition) is 6. The summed E-state index contributed by atoms with van der Waals surface area (Å²) in [6, 6.07) is 8.10. The quantitative estimate of drug-likeness (QED) is 0.754. The van der Waals surface area contributed by atoms with E-state index in [2.05, 4.69) is 27.4 Å². The first kappa shape index (κ1) is 20.4. The van der Waals surface area contributed by atoms with Gasteiger partial charge in [-0.2, -0.15) is 0 Å². The summed E-state index contributed by atoms with van der Waals surface area (Å²) in [7, 11) is 0. The number of pyridine rings is 2. The topological polar surface area (TPSA) is 65.5 Å². The molecule has 0 unspecified atom stereocenters. The van der Waals surface area contributed by atoms with E-state index in [9.17, 15) is 0 Å². The first-order valence-electron chi connectivity index (χ1n) is 10.7. The standard InChI is InChI=1S/C23H31N3O3/c1-3-27-22(28-4-2)17-21(9-13-24-14-10-21)29-23(18-22,19-7-5-11-25-15-19)20-8-6-12-26-16-20/h5-8,11-12,15-16,24H,3-4,9-10,13-14,17-18H2,1-2H3. The molecule has 4 heterocycles. The molecule has 0 radical (unpaired) electrons. The summed E-state index contributed by atoms with van der Waals surface area (Å²) >= 11 is 0. The zero-order valence-corrected chi connectivity index (χ0v) is 17.4. The van der Waals surface area contributed by atoms with Gasteiger partial charge in [0.1, 0.15) is 5.60 Å². The highest BCUT2D eigenvalue weighted by Gasteiger charge is 2.58. The van der Waals surface area contributed by atoms with Crippen LogP contribution in [0.1, 0.15) is 50.7 Å². The van der Waals surface area contributed by atoms with Crippen molar-refractivity contribution in [1.29, 1.82) is 0 Å². The molecule has 6 heteroatoms. The molecule has 2 aromatic rings. The molecule has 2 aliphatic rings. The smallest absolute Gasteiger partial charge is 0.174 e. The van der Waals surface area contributed by atoms with E-state index < -0.39 is 11.4 Å². The minimum Gasteiger partial charge on any atom is -0.358 e. The van der Waals surface area contributed by atoms with Crippen molar-refractivity contribution in [3.63, 3.8) is 0 Å². The molecule has 4 rings (SSSR count). The van der Waals surface area contributed by atoms with E-state index in [4.69, 9.17) is 14.2 Å². The minimum absolute atomic E-state index is 0.334. The fraction of sp³-hybridized carbons (Fsp3) is 0.565. The third-order valence-electron chi connectivity index (χ3n) is 6.09. The van der Waals surface area contributed by atoms with Crippen molar-refractivity contribution in [3.05, 3.63) is 60.2 Å². The molecule has 0 saturated carbocycles. The highest BCUT2D eigenvalue weighted by molar-refractivity contribution is 5.35. The molecule has 6 nitrogen and oxygen atoms in total. The molecule has 1 N–H and O–H groups in total. The van der Waals surface area contributed by atoms with Crippen molar-refractivity contribution in [3.8, 4) is 0 Å². The largest absolute Gasteiger partial charge is 0.358 e. The van der Waals surface area contributed by atoms with E-state index in [0.29, 0.717) is 19.6 Å². The van der Waals surface area contributed by atoms with E-state index >= 15 is 0 Å². The van der Waals surface area contributed by atoms with Crippen LogP contribution >= 0.6 is 0 Å². The lowest BCUT2D eigenvalue weighted by Gasteiger charge is -2.56. The van der Waals surface area contributed by atoms with Crippen LogP contribution in [0.5, 0.6) is 0 Å². The highest BCUT2D eigenvalue weighted by Crippen LogP contribution is 2.54. The van der Waals surface area contributed by atoms with Gasteiger partial charge in [-0.15, -0.1) is 0 Å². The summed E-state index contributed by atoms with van der Waals surface area (Å²) in [6.45, 7) is 7.08. The predicted octanol–water partition coefficient (Wildman–Crippen LogP) is 3.42. The highest BCUT2D eigenvalue weighted by atomic mass is 16.7. The summed E-state index contributed by atoms with van der Waals surface area (Å²) in [5, 5.41) is 3.47. The number of aromatic nitrogens is 2. The maximum absolute atomic E-state index is 7.14. The molecule has 156 valence electrons. The Morgan fingerprint density at radius 1 is 0.931 bits per heavy atom. The molecule has 0 aromatic carbocycles. The Bertz CT molecular complexity index is 733. The van der Waals surface area contributed by atoms with E-state index in [1.807, 2.05) is 38.4 Å². The predicted molar refractivity (Wildman–Crippen MR) is 110 cm³/mol. The fourth-order valence-corrected chi connectivity index (χ4v) is 5.00. The summed E-state index contributed by atoms with van der Waals surface area (Å²) < 4.78 is 19.9. The van der Waals surface area contributed by atoms with Crippen LogP contribution in [0.25, 0.3) is 0 Å². The van der Waals surface area contributed by atoms with Gasteiger partial charge < -0.3 is 19.5 Å². The SMILES string of the molecule is CCOC1(OCC)CC2(CCNCC2)OC(c2cccnc2)(c2cccnc2)C1. The van der Waals surface area contributed by atoms with Gasteiger partial charge in [0.15, 0.2) is 5.79 Å². The average Bonchev–Trinajstić information content (AvgIpc) is 2.75. The fourth-order valence-electron chi connectivity index (χ4n) is 5.00. The second-order valence-electron chi connectivity index (χ2n) is 7.98. The summed E-state index contributed by atoms with van der Waals surface area (Å²) in [5.41, 5.74) is 0.950. The second kappa shape index (κ2) is 8.48. The van der Waals surface area contributed by atoms with Crippen LogP contribution in [-0.4, -0.2) is 47.7 Å². The first-order chi connectivity index (χ1) is 14.2. The minimum atomic E-state index is -0.734. The van der Waals surface area contributed by atoms with E-state index in [-0.39, 0.29) is 5.60 Å². The van der Waals surface area contributed by atoms with Crippen molar-refractivity contribution >= 4 is 0 Å². The Hall–Kier alpha value is -1.86. The van der Waals surface area contributed by atoms with E-state index in [1.165, 1.54) is 0 Å². The molecule has 2 fully saturated rings. The number of nitrogens with zero attached hydrogens (tertiary/aromatic N) is 2. The summed E-state index contributed by atoms with van der Waals surface area (Å²) in [5.74, 6) is -0.717. The Kier molecular flexibility index (Phi) is 5.97. The summed E-state index contributed by atoms with van der Waals surface area (Å²) in [4.78, 5) is 8.82. The van der Waals surface area contributed by atoms with Gasteiger partial charge in [0, 0.05) is 62.0 Å². The molecule has 2 saturated heterocycles. The van der Waals surface area contributed by atoms with Crippen molar-refractivity contribution in [1.82, 2.24) is 15.3 Å². The zero-order chi connectivity index (χ0) is 20.2. The van der Waals surface area contributed by atoms with Gasteiger partial charge in [-0.05, 0) is 51.9 Å². The van der Waals surface area contributed by atoms with Crippen LogP contribution in [0.2, 0.25) is 0 Å². The van der Waals surface area contributed by atoms with Crippen LogP contribution in [0.3, 0.4) is 0 Å². The molecule has 0 aliphatic carbocycles.